The molecule has 1 N–H and O–H groups in total. The summed E-state index contributed by atoms with van der Waals surface area (Å²) in [7, 11) is 1.61. The van der Waals surface area contributed by atoms with Crippen molar-refractivity contribution >= 4 is 17.7 Å². The number of hydrogen-bond donors (Lipinski definition) is 1. The van der Waals surface area contributed by atoms with Crippen molar-refractivity contribution in [2.45, 2.75) is 25.5 Å². The molecule has 1 heterocycles. The molecule has 0 saturated carbocycles. The molecule has 2 aromatic rings. The largest absolute Gasteiger partial charge is 0.481 e. The minimum atomic E-state index is -0.845. The maximum Gasteiger partial charge on any atom is 0.313 e. The van der Waals surface area contributed by atoms with Crippen LogP contribution in [-0.4, -0.2) is 33.7 Å². The second-order valence-electron chi connectivity index (χ2n) is 4.79. The number of rotatable bonds is 6. The molecule has 0 aliphatic rings. The van der Waals surface area contributed by atoms with Gasteiger partial charge in [-0.1, -0.05) is 23.9 Å². The predicted octanol–water partition coefficient (Wildman–Crippen LogP) is 2.81. The molecule has 5 nitrogen and oxygen atoms in total. The van der Waals surface area contributed by atoms with E-state index in [-0.39, 0.29) is 5.75 Å². The molecule has 0 fully saturated rings. The van der Waals surface area contributed by atoms with Crippen molar-refractivity contribution in [3.05, 3.63) is 41.1 Å². The summed E-state index contributed by atoms with van der Waals surface area (Å²) < 4.78 is 6.91. The summed E-state index contributed by atoms with van der Waals surface area (Å²) in [5, 5.41) is 14.2. The number of methoxy groups -OCH3 is 1. The standard InChI is InChI=1S/C15H18N2O3S/c1-10-4-5-11(2)13(6-10)17-14(21-9-15(18)19)7-12(16-17)8-20-3/h4-7H,8-9H2,1-3H3,(H,18,19). The van der Waals surface area contributed by atoms with Crippen LogP contribution >= 0.6 is 11.8 Å². The molecule has 21 heavy (non-hydrogen) atoms. The van der Waals surface area contributed by atoms with Gasteiger partial charge in [-0.05, 0) is 37.1 Å². The van der Waals surface area contributed by atoms with Gasteiger partial charge in [0, 0.05) is 7.11 Å². The van der Waals surface area contributed by atoms with E-state index < -0.39 is 5.97 Å². The Labute approximate surface area is 127 Å². The van der Waals surface area contributed by atoms with Gasteiger partial charge in [-0.3, -0.25) is 4.79 Å². The third-order valence-electron chi connectivity index (χ3n) is 2.96. The molecular weight excluding hydrogens is 288 g/mol. The van der Waals surface area contributed by atoms with E-state index in [1.165, 1.54) is 11.8 Å². The fourth-order valence-electron chi connectivity index (χ4n) is 1.99. The third-order valence-corrected chi connectivity index (χ3v) is 3.93. The average molecular weight is 306 g/mol. The van der Waals surface area contributed by atoms with E-state index in [4.69, 9.17) is 9.84 Å². The highest BCUT2D eigenvalue weighted by Gasteiger charge is 2.13. The molecule has 0 unspecified atom stereocenters. The van der Waals surface area contributed by atoms with Gasteiger partial charge in [-0.2, -0.15) is 5.10 Å². The summed E-state index contributed by atoms with van der Waals surface area (Å²) >= 11 is 1.26. The molecule has 0 aliphatic carbocycles. The first-order chi connectivity index (χ1) is 10.0. The second kappa shape index (κ2) is 6.78. The average Bonchev–Trinajstić information content (AvgIpc) is 2.82. The minimum absolute atomic E-state index is 0.00296. The molecule has 0 bridgehead atoms. The first kappa shape index (κ1) is 15.6. The van der Waals surface area contributed by atoms with Crippen LogP contribution in [0.1, 0.15) is 16.8 Å². The number of carboxylic acid groups (broad SMARTS) is 1. The lowest BCUT2D eigenvalue weighted by atomic mass is 10.1. The number of nitrogens with zero attached hydrogens (tertiary/aromatic N) is 2. The van der Waals surface area contributed by atoms with Crippen molar-refractivity contribution in [3.8, 4) is 5.69 Å². The van der Waals surface area contributed by atoms with E-state index in [1.807, 2.05) is 38.1 Å². The van der Waals surface area contributed by atoms with Gasteiger partial charge in [-0.15, -0.1) is 0 Å². The first-order valence-corrected chi connectivity index (χ1v) is 7.50. The topological polar surface area (TPSA) is 64.3 Å². The highest BCUT2D eigenvalue weighted by Crippen LogP contribution is 2.25. The molecule has 0 aliphatic heterocycles. The Hall–Kier alpha value is -1.79. The lowest BCUT2D eigenvalue weighted by Gasteiger charge is -2.10. The number of benzene rings is 1. The molecule has 0 spiro atoms. The van der Waals surface area contributed by atoms with Gasteiger partial charge in [0.2, 0.25) is 0 Å². The molecule has 0 saturated heterocycles. The molecule has 0 amide bonds. The second-order valence-corrected chi connectivity index (χ2v) is 5.79. The number of aliphatic carboxylic acids is 1. The molecule has 0 radical (unpaired) electrons. The minimum Gasteiger partial charge on any atom is -0.481 e. The smallest absolute Gasteiger partial charge is 0.313 e. The number of hydrogen-bond acceptors (Lipinski definition) is 4. The maximum absolute atomic E-state index is 10.8. The Morgan fingerprint density at radius 3 is 2.81 bits per heavy atom. The van der Waals surface area contributed by atoms with E-state index in [1.54, 1.807) is 11.8 Å². The zero-order valence-electron chi connectivity index (χ0n) is 12.3. The van der Waals surface area contributed by atoms with Crippen LogP contribution in [-0.2, 0) is 16.1 Å². The summed E-state index contributed by atoms with van der Waals surface area (Å²) in [6.07, 6.45) is 0. The molecular formula is C15H18N2O3S. The van der Waals surface area contributed by atoms with Crippen LogP contribution in [0.15, 0.2) is 29.3 Å². The van der Waals surface area contributed by atoms with Crippen molar-refractivity contribution in [1.29, 1.82) is 0 Å². The fraction of sp³-hybridized carbons (Fsp3) is 0.333. The quantitative estimate of drug-likeness (QED) is 0.831. The van der Waals surface area contributed by atoms with Gasteiger partial charge in [0.1, 0.15) is 5.03 Å². The van der Waals surface area contributed by atoms with Crippen molar-refractivity contribution in [3.63, 3.8) is 0 Å². The van der Waals surface area contributed by atoms with Crippen molar-refractivity contribution in [2.24, 2.45) is 0 Å². The molecule has 1 aromatic carbocycles. The fourth-order valence-corrected chi connectivity index (χ4v) is 2.74. The molecule has 112 valence electrons. The van der Waals surface area contributed by atoms with E-state index in [0.29, 0.717) is 6.61 Å². The number of aromatic nitrogens is 2. The van der Waals surface area contributed by atoms with E-state index >= 15 is 0 Å². The highest BCUT2D eigenvalue weighted by molar-refractivity contribution is 7.99. The normalized spacial score (nSPS) is 10.8. The van der Waals surface area contributed by atoms with Crippen LogP contribution in [0.4, 0.5) is 0 Å². The van der Waals surface area contributed by atoms with Crippen molar-refractivity contribution in [1.82, 2.24) is 9.78 Å². The summed E-state index contributed by atoms with van der Waals surface area (Å²) in [6.45, 7) is 4.43. The first-order valence-electron chi connectivity index (χ1n) is 6.51. The predicted molar refractivity (Wildman–Crippen MR) is 82.1 cm³/mol. The monoisotopic (exact) mass is 306 g/mol. The van der Waals surface area contributed by atoms with Crippen LogP contribution in [0, 0.1) is 13.8 Å². The Kier molecular flexibility index (Phi) is 5.03. The van der Waals surface area contributed by atoms with Gasteiger partial charge in [0.15, 0.2) is 0 Å². The summed E-state index contributed by atoms with van der Waals surface area (Å²) in [4.78, 5) is 10.8. The summed E-state index contributed by atoms with van der Waals surface area (Å²) in [5.74, 6) is -0.842. The molecule has 1 aromatic heterocycles. The van der Waals surface area contributed by atoms with E-state index in [9.17, 15) is 4.79 Å². The lowest BCUT2D eigenvalue weighted by molar-refractivity contribution is -0.133. The molecule has 0 atom stereocenters. The zero-order valence-corrected chi connectivity index (χ0v) is 13.1. The summed E-state index contributed by atoms with van der Waals surface area (Å²) in [5.41, 5.74) is 3.97. The van der Waals surface area contributed by atoms with Crippen LogP contribution < -0.4 is 0 Å². The number of thioether (sulfide) groups is 1. The van der Waals surface area contributed by atoms with Gasteiger partial charge >= 0.3 is 5.97 Å². The van der Waals surface area contributed by atoms with Crippen molar-refractivity contribution in [2.75, 3.05) is 12.9 Å². The van der Waals surface area contributed by atoms with Crippen LogP contribution in [0.2, 0.25) is 0 Å². The van der Waals surface area contributed by atoms with Crippen molar-refractivity contribution < 1.29 is 14.6 Å². The van der Waals surface area contributed by atoms with Gasteiger partial charge in [-0.25, -0.2) is 4.68 Å². The molecule has 6 heteroatoms. The van der Waals surface area contributed by atoms with Gasteiger partial charge in [0.05, 0.1) is 23.7 Å². The van der Waals surface area contributed by atoms with E-state index in [0.717, 1.165) is 27.5 Å². The number of carboxylic acids is 1. The number of aryl methyl sites for hydroxylation is 2. The zero-order chi connectivity index (χ0) is 15.4. The van der Waals surface area contributed by atoms with Gasteiger partial charge in [0.25, 0.3) is 0 Å². The Morgan fingerprint density at radius 1 is 1.38 bits per heavy atom. The Balaban J connectivity index is 2.44. The highest BCUT2D eigenvalue weighted by atomic mass is 32.2. The lowest BCUT2D eigenvalue weighted by Crippen LogP contribution is -2.04. The molecule has 2 rings (SSSR count). The number of ether oxygens (including phenoxy) is 1. The summed E-state index contributed by atoms with van der Waals surface area (Å²) in [6, 6.07) is 8.00. The van der Waals surface area contributed by atoms with E-state index in [2.05, 4.69) is 5.10 Å². The SMILES string of the molecule is COCc1cc(SCC(=O)O)n(-c2cc(C)ccc2C)n1. The van der Waals surface area contributed by atoms with Crippen LogP contribution in [0.5, 0.6) is 0 Å². The van der Waals surface area contributed by atoms with Gasteiger partial charge < -0.3 is 9.84 Å². The Bertz CT molecular complexity index is 652. The number of carbonyl (C=O) groups is 1. The third kappa shape index (κ3) is 3.86. The Morgan fingerprint density at radius 2 is 2.14 bits per heavy atom. The van der Waals surface area contributed by atoms with Crippen LogP contribution in [0.25, 0.3) is 5.69 Å². The van der Waals surface area contributed by atoms with Crippen LogP contribution in [0.3, 0.4) is 0 Å². The maximum atomic E-state index is 10.8.